The van der Waals surface area contributed by atoms with Crippen LogP contribution in [0.2, 0.25) is 0 Å². The van der Waals surface area contributed by atoms with Gasteiger partial charge in [-0.15, -0.1) is 0 Å². The van der Waals surface area contributed by atoms with Crippen LogP contribution in [0.15, 0.2) is 10.9 Å². The Labute approximate surface area is 121 Å². The van der Waals surface area contributed by atoms with Gasteiger partial charge in [0.1, 0.15) is 11.6 Å². The molecule has 0 aromatic carbocycles. The molecular weight excluding hydrogens is 250 g/mol. The van der Waals surface area contributed by atoms with Crippen LogP contribution in [0.3, 0.4) is 0 Å². The van der Waals surface area contributed by atoms with E-state index in [1.54, 1.807) is 6.07 Å². The second-order valence-corrected chi connectivity index (χ2v) is 6.77. The molecule has 0 atom stereocenters. The summed E-state index contributed by atoms with van der Waals surface area (Å²) >= 11 is 0. The first-order valence-electron chi connectivity index (χ1n) is 7.85. The predicted octanol–water partition coefficient (Wildman–Crippen LogP) is 3.67. The lowest BCUT2D eigenvalue weighted by atomic mass is 9.87. The third-order valence-electron chi connectivity index (χ3n) is 3.93. The molecule has 0 aliphatic heterocycles. The van der Waals surface area contributed by atoms with Crippen molar-refractivity contribution in [3.05, 3.63) is 22.2 Å². The fourth-order valence-electron chi connectivity index (χ4n) is 2.39. The predicted molar refractivity (Wildman–Crippen MR) is 83.2 cm³/mol. The zero-order valence-electron chi connectivity index (χ0n) is 13.0. The van der Waals surface area contributed by atoms with Gasteiger partial charge in [-0.05, 0) is 24.7 Å². The molecule has 0 unspecified atom stereocenters. The van der Waals surface area contributed by atoms with E-state index in [1.807, 2.05) is 0 Å². The van der Waals surface area contributed by atoms with Crippen LogP contribution in [0.5, 0.6) is 0 Å². The van der Waals surface area contributed by atoms with Gasteiger partial charge in [0.2, 0.25) is 0 Å². The van der Waals surface area contributed by atoms with Gasteiger partial charge < -0.3 is 10.3 Å². The topological polar surface area (TPSA) is 57.8 Å². The number of H-pyrrole nitrogens is 1. The van der Waals surface area contributed by atoms with Crippen LogP contribution in [0.25, 0.3) is 0 Å². The molecule has 1 aliphatic carbocycles. The van der Waals surface area contributed by atoms with Crippen LogP contribution < -0.4 is 10.9 Å². The molecule has 1 heterocycles. The number of nitrogens with one attached hydrogen (secondary N) is 2. The molecule has 1 aliphatic rings. The van der Waals surface area contributed by atoms with Crippen molar-refractivity contribution in [1.29, 1.82) is 0 Å². The van der Waals surface area contributed by atoms with Gasteiger partial charge in [-0.3, -0.25) is 4.79 Å². The summed E-state index contributed by atoms with van der Waals surface area (Å²) < 4.78 is 0. The molecule has 0 spiro atoms. The van der Waals surface area contributed by atoms with Crippen LogP contribution in [0.4, 0.5) is 5.82 Å². The molecule has 112 valence electrons. The van der Waals surface area contributed by atoms with Gasteiger partial charge in [0.25, 0.3) is 5.56 Å². The van der Waals surface area contributed by atoms with Gasteiger partial charge in [-0.25, -0.2) is 4.98 Å². The van der Waals surface area contributed by atoms with Crippen molar-refractivity contribution >= 4 is 5.82 Å². The number of hydrogen-bond donors (Lipinski definition) is 2. The van der Waals surface area contributed by atoms with E-state index < -0.39 is 0 Å². The Balaban J connectivity index is 1.91. The van der Waals surface area contributed by atoms with Gasteiger partial charge >= 0.3 is 0 Å². The van der Waals surface area contributed by atoms with E-state index in [0.717, 1.165) is 31.0 Å². The van der Waals surface area contributed by atoms with E-state index in [0.29, 0.717) is 5.92 Å². The smallest absolute Gasteiger partial charge is 0.252 e. The summed E-state index contributed by atoms with van der Waals surface area (Å²) in [4.78, 5) is 19.0. The molecule has 4 heteroatoms. The first kappa shape index (κ1) is 15.1. The Hall–Kier alpha value is -1.32. The highest BCUT2D eigenvalue weighted by molar-refractivity contribution is 5.34. The average molecular weight is 277 g/mol. The Kier molecular flexibility index (Phi) is 4.84. The zero-order chi connectivity index (χ0) is 14.6. The second kappa shape index (κ2) is 6.42. The van der Waals surface area contributed by atoms with Gasteiger partial charge in [-0.2, -0.15) is 0 Å². The Morgan fingerprint density at radius 1 is 1.40 bits per heavy atom. The minimum absolute atomic E-state index is 0.0480. The molecule has 1 aromatic heterocycles. The minimum Gasteiger partial charge on any atom is -0.369 e. The van der Waals surface area contributed by atoms with Crippen LogP contribution in [-0.4, -0.2) is 16.5 Å². The van der Waals surface area contributed by atoms with Crippen molar-refractivity contribution in [1.82, 2.24) is 9.97 Å². The highest BCUT2D eigenvalue weighted by atomic mass is 16.1. The summed E-state index contributed by atoms with van der Waals surface area (Å²) in [5.74, 6) is 2.05. The SMILES string of the molecule is CCCCCC(C)(C)CNc1cc(=O)[nH]c(C2CC2)n1. The fourth-order valence-corrected chi connectivity index (χ4v) is 2.39. The lowest BCUT2D eigenvalue weighted by molar-refractivity contribution is 0.342. The maximum absolute atomic E-state index is 11.6. The van der Waals surface area contributed by atoms with Crippen LogP contribution in [0.1, 0.15) is 71.0 Å². The molecule has 0 saturated heterocycles. The van der Waals surface area contributed by atoms with Crippen molar-refractivity contribution in [2.45, 2.75) is 65.2 Å². The van der Waals surface area contributed by atoms with E-state index in [4.69, 9.17) is 0 Å². The van der Waals surface area contributed by atoms with Gasteiger partial charge in [0.15, 0.2) is 0 Å². The number of rotatable bonds is 8. The normalized spacial score (nSPS) is 15.3. The van der Waals surface area contributed by atoms with Crippen molar-refractivity contribution < 1.29 is 0 Å². The summed E-state index contributed by atoms with van der Waals surface area (Å²) in [7, 11) is 0. The lowest BCUT2D eigenvalue weighted by Gasteiger charge is -2.25. The third-order valence-corrected chi connectivity index (χ3v) is 3.93. The van der Waals surface area contributed by atoms with Crippen LogP contribution >= 0.6 is 0 Å². The van der Waals surface area contributed by atoms with Gasteiger partial charge in [-0.1, -0.05) is 40.0 Å². The number of aromatic nitrogens is 2. The van der Waals surface area contributed by atoms with E-state index >= 15 is 0 Å². The maximum Gasteiger partial charge on any atom is 0.252 e. The number of hydrogen-bond acceptors (Lipinski definition) is 3. The van der Waals surface area contributed by atoms with Gasteiger partial charge in [0, 0.05) is 18.5 Å². The highest BCUT2D eigenvalue weighted by Crippen LogP contribution is 2.37. The van der Waals surface area contributed by atoms with E-state index in [1.165, 1.54) is 25.7 Å². The third kappa shape index (κ3) is 4.66. The Morgan fingerprint density at radius 2 is 2.15 bits per heavy atom. The number of anilines is 1. The molecule has 20 heavy (non-hydrogen) atoms. The molecule has 4 nitrogen and oxygen atoms in total. The standard InChI is InChI=1S/C16H27N3O/c1-4-5-6-9-16(2,3)11-17-13-10-14(20)19-15(18-13)12-7-8-12/h10,12H,4-9,11H2,1-3H3,(H2,17,18,19,20). The molecule has 0 amide bonds. The van der Waals surface area contributed by atoms with E-state index in [-0.39, 0.29) is 11.0 Å². The largest absolute Gasteiger partial charge is 0.369 e. The number of unbranched alkanes of at least 4 members (excludes halogenated alkanes) is 2. The minimum atomic E-state index is -0.0480. The van der Waals surface area contributed by atoms with Crippen molar-refractivity contribution in [3.8, 4) is 0 Å². The lowest BCUT2D eigenvalue weighted by Crippen LogP contribution is -2.24. The first-order valence-corrected chi connectivity index (χ1v) is 7.85. The van der Waals surface area contributed by atoms with Gasteiger partial charge in [0.05, 0.1) is 0 Å². The summed E-state index contributed by atoms with van der Waals surface area (Å²) in [5, 5.41) is 3.34. The summed E-state index contributed by atoms with van der Waals surface area (Å²) in [6.45, 7) is 7.62. The molecule has 1 aromatic rings. The van der Waals surface area contributed by atoms with Crippen molar-refractivity contribution in [2.75, 3.05) is 11.9 Å². The molecule has 2 rings (SSSR count). The van der Waals surface area contributed by atoms with Crippen molar-refractivity contribution in [2.24, 2.45) is 5.41 Å². The number of aromatic amines is 1. The average Bonchev–Trinajstić information content (AvgIpc) is 3.20. The van der Waals surface area contributed by atoms with Crippen LogP contribution in [0, 0.1) is 5.41 Å². The Morgan fingerprint density at radius 3 is 2.80 bits per heavy atom. The Bertz CT molecular complexity index is 489. The maximum atomic E-state index is 11.6. The molecule has 2 N–H and O–H groups in total. The molecule has 1 fully saturated rings. The van der Waals surface area contributed by atoms with Crippen molar-refractivity contribution in [3.63, 3.8) is 0 Å². The summed E-state index contributed by atoms with van der Waals surface area (Å²) in [6, 6.07) is 1.56. The molecule has 0 radical (unpaired) electrons. The summed E-state index contributed by atoms with van der Waals surface area (Å²) in [6.07, 6.45) is 7.31. The quantitative estimate of drug-likeness (QED) is 0.713. The second-order valence-electron chi connectivity index (χ2n) is 6.77. The first-order chi connectivity index (χ1) is 9.50. The van der Waals surface area contributed by atoms with E-state index in [9.17, 15) is 4.79 Å². The number of nitrogens with zero attached hydrogens (tertiary/aromatic N) is 1. The monoisotopic (exact) mass is 277 g/mol. The summed E-state index contributed by atoms with van der Waals surface area (Å²) in [5.41, 5.74) is 0.187. The fraction of sp³-hybridized carbons (Fsp3) is 0.750. The molecular formula is C16H27N3O. The molecule has 1 saturated carbocycles. The molecule has 0 bridgehead atoms. The zero-order valence-corrected chi connectivity index (χ0v) is 13.0. The van der Waals surface area contributed by atoms with Crippen LogP contribution in [-0.2, 0) is 0 Å². The highest BCUT2D eigenvalue weighted by Gasteiger charge is 2.26. The van der Waals surface area contributed by atoms with E-state index in [2.05, 4.69) is 36.1 Å².